The number of anilines is 3. The molecule has 0 aromatic carbocycles. The standard InChI is InChI=1S/C24H29N9O3/c1-4-16-23(26-8-7-25-16)17-13-19(36-32-17)18-6-9-33(18)24-28-20(27-21-12-15(2)30-31-21)14-22(29-24)35-11-5-10-34-3/h7-8,12-14,18H,4-6,9-11H2,1-3H3,(H2,27,28,29,30,31). The summed E-state index contributed by atoms with van der Waals surface area (Å²) in [6.07, 6.45) is 5.76. The van der Waals surface area contributed by atoms with Gasteiger partial charge >= 0.3 is 0 Å². The molecule has 0 amide bonds. The minimum absolute atomic E-state index is 0.0442. The Morgan fingerprint density at radius 2 is 2.03 bits per heavy atom. The summed E-state index contributed by atoms with van der Waals surface area (Å²) in [5, 5.41) is 14.7. The second kappa shape index (κ2) is 10.7. The van der Waals surface area contributed by atoms with Crippen LogP contribution in [0.4, 0.5) is 17.6 Å². The van der Waals surface area contributed by atoms with Crippen molar-refractivity contribution in [3.05, 3.63) is 47.7 Å². The molecule has 0 radical (unpaired) electrons. The van der Waals surface area contributed by atoms with Gasteiger partial charge in [0.2, 0.25) is 11.8 Å². The van der Waals surface area contributed by atoms with Crippen LogP contribution in [0.2, 0.25) is 0 Å². The zero-order chi connectivity index (χ0) is 24.9. The molecule has 0 spiro atoms. The average Bonchev–Trinajstić information content (AvgIpc) is 3.50. The maximum absolute atomic E-state index is 5.90. The molecule has 1 aliphatic rings. The van der Waals surface area contributed by atoms with Gasteiger partial charge in [-0.1, -0.05) is 12.1 Å². The van der Waals surface area contributed by atoms with Crippen LogP contribution in [0.1, 0.15) is 43.0 Å². The first kappa shape index (κ1) is 23.7. The third kappa shape index (κ3) is 5.13. The van der Waals surface area contributed by atoms with Crippen molar-refractivity contribution < 1.29 is 14.0 Å². The number of methoxy groups -OCH3 is 1. The lowest BCUT2D eigenvalue weighted by Crippen LogP contribution is -2.42. The van der Waals surface area contributed by atoms with Crippen molar-refractivity contribution in [1.82, 2.24) is 35.3 Å². The van der Waals surface area contributed by atoms with E-state index in [0.717, 1.165) is 48.6 Å². The van der Waals surface area contributed by atoms with Crippen molar-refractivity contribution in [3.63, 3.8) is 0 Å². The lowest BCUT2D eigenvalue weighted by molar-refractivity contribution is 0.170. The molecular formula is C24H29N9O3. The number of H-pyrrole nitrogens is 1. The van der Waals surface area contributed by atoms with Gasteiger partial charge in [0, 0.05) is 63.0 Å². The van der Waals surface area contributed by atoms with Gasteiger partial charge in [-0.3, -0.25) is 15.1 Å². The molecule has 188 valence electrons. The summed E-state index contributed by atoms with van der Waals surface area (Å²) in [7, 11) is 1.67. The molecule has 12 heteroatoms. The van der Waals surface area contributed by atoms with Crippen LogP contribution in [-0.4, -0.2) is 62.2 Å². The first-order chi connectivity index (χ1) is 17.6. The summed E-state index contributed by atoms with van der Waals surface area (Å²) in [5.74, 6) is 3.00. The number of hydrogen-bond acceptors (Lipinski definition) is 11. The van der Waals surface area contributed by atoms with E-state index in [0.29, 0.717) is 42.4 Å². The largest absolute Gasteiger partial charge is 0.477 e. The molecule has 1 fully saturated rings. The minimum atomic E-state index is -0.0442. The predicted molar refractivity (Wildman–Crippen MR) is 132 cm³/mol. The normalized spacial score (nSPS) is 15.1. The van der Waals surface area contributed by atoms with Gasteiger partial charge in [0.05, 0.1) is 18.3 Å². The summed E-state index contributed by atoms with van der Waals surface area (Å²) < 4.78 is 16.8. The molecule has 36 heavy (non-hydrogen) atoms. The molecule has 0 bridgehead atoms. The number of aromatic amines is 1. The van der Waals surface area contributed by atoms with Gasteiger partial charge in [0.15, 0.2) is 11.6 Å². The molecule has 1 unspecified atom stereocenters. The van der Waals surface area contributed by atoms with Crippen LogP contribution in [0, 0.1) is 6.92 Å². The zero-order valence-electron chi connectivity index (χ0n) is 20.6. The van der Waals surface area contributed by atoms with Crippen LogP contribution in [0.15, 0.2) is 35.1 Å². The Kier molecular flexibility index (Phi) is 7.03. The van der Waals surface area contributed by atoms with Crippen molar-refractivity contribution in [3.8, 4) is 17.3 Å². The molecule has 0 saturated carbocycles. The Morgan fingerprint density at radius 3 is 2.78 bits per heavy atom. The van der Waals surface area contributed by atoms with Crippen LogP contribution >= 0.6 is 0 Å². The Hall–Kier alpha value is -4.06. The van der Waals surface area contributed by atoms with E-state index in [4.69, 9.17) is 19.0 Å². The summed E-state index contributed by atoms with van der Waals surface area (Å²) in [6, 6.07) is 5.55. The molecule has 1 saturated heterocycles. The van der Waals surface area contributed by atoms with Crippen molar-refractivity contribution in [2.75, 3.05) is 37.1 Å². The Morgan fingerprint density at radius 1 is 1.14 bits per heavy atom. The van der Waals surface area contributed by atoms with Gasteiger partial charge in [0.1, 0.15) is 17.2 Å². The third-order valence-electron chi connectivity index (χ3n) is 5.88. The lowest BCUT2D eigenvalue weighted by atomic mass is 10.0. The molecule has 5 heterocycles. The second-order valence-corrected chi connectivity index (χ2v) is 8.47. The van der Waals surface area contributed by atoms with E-state index in [9.17, 15) is 0 Å². The fourth-order valence-corrected chi connectivity index (χ4v) is 3.99. The van der Waals surface area contributed by atoms with Crippen LogP contribution < -0.4 is 15.0 Å². The molecule has 4 aromatic heterocycles. The quantitative estimate of drug-likeness (QED) is 0.297. The lowest BCUT2D eigenvalue weighted by Gasteiger charge is -2.39. The molecule has 12 nitrogen and oxygen atoms in total. The molecule has 2 N–H and O–H groups in total. The monoisotopic (exact) mass is 491 g/mol. The number of aromatic nitrogens is 7. The maximum atomic E-state index is 5.90. The molecule has 0 aliphatic carbocycles. The number of aryl methyl sites for hydroxylation is 2. The van der Waals surface area contributed by atoms with Crippen LogP contribution in [-0.2, 0) is 11.2 Å². The summed E-state index contributed by atoms with van der Waals surface area (Å²) >= 11 is 0. The van der Waals surface area contributed by atoms with E-state index in [-0.39, 0.29) is 6.04 Å². The summed E-state index contributed by atoms with van der Waals surface area (Å²) in [6.45, 7) is 5.86. The highest BCUT2D eigenvalue weighted by molar-refractivity contribution is 5.58. The summed E-state index contributed by atoms with van der Waals surface area (Å²) in [5.41, 5.74) is 3.24. The SMILES string of the molecule is CCc1nccnc1-c1cc(C2CCN2c2nc(Nc3cc(C)[nH]n3)cc(OCCCOC)n2)on1. The van der Waals surface area contributed by atoms with E-state index in [1.807, 2.05) is 26.0 Å². The van der Waals surface area contributed by atoms with Crippen molar-refractivity contribution in [1.29, 1.82) is 0 Å². The highest BCUT2D eigenvalue weighted by Gasteiger charge is 2.35. The molecule has 5 rings (SSSR count). The molecular weight excluding hydrogens is 462 g/mol. The van der Waals surface area contributed by atoms with Gasteiger partial charge < -0.3 is 24.2 Å². The fraction of sp³-hybridized carbons (Fsp3) is 0.417. The zero-order valence-corrected chi connectivity index (χ0v) is 20.6. The van der Waals surface area contributed by atoms with Crippen LogP contribution in [0.5, 0.6) is 5.88 Å². The van der Waals surface area contributed by atoms with Crippen LogP contribution in [0.3, 0.4) is 0 Å². The number of rotatable bonds is 11. The number of nitrogens with one attached hydrogen (secondary N) is 2. The highest BCUT2D eigenvalue weighted by Crippen LogP contribution is 2.38. The van der Waals surface area contributed by atoms with E-state index in [1.54, 1.807) is 25.6 Å². The minimum Gasteiger partial charge on any atom is -0.477 e. The first-order valence-electron chi connectivity index (χ1n) is 12.0. The maximum Gasteiger partial charge on any atom is 0.231 e. The first-order valence-corrected chi connectivity index (χ1v) is 12.0. The smallest absolute Gasteiger partial charge is 0.231 e. The summed E-state index contributed by atoms with van der Waals surface area (Å²) in [4.78, 5) is 20.3. The Bertz CT molecular complexity index is 1310. The van der Waals surface area contributed by atoms with E-state index in [1.165, 1.54) is 0 Å². The van der Waals surface area contributed by atoms with Crippen molar-refractivity contribution in [2.24, 2.45) is 0 Å². The average molecular weight is 492 g/mol. The van der Waals surface area contributed by atoms with Gasteiger partial charge in [-0.15, -0.1) is 0 Å². The predicted octanol–water partition coefficient (Wildman–Crippen LogP) is 3.63. The highest BCUT2D eigenvalue weighted by atomic mass is 16.5. The molecule has 4 aromatic rings. The van der Waals surface area contributed by atoms with Gasteiger partial charge in [-0.05, 0) is 19.8 Å². The second-order valence-electron chi connectivity index (χ2n) is 8.47. The van der Waals surface area contributed by atoms with E-state index in [2.05, 4.69) is 40.5 Å². The van der Waals surface area contributed by atoms with E-state index >= 15 is 0 Å². The topological polar surface area (TPSA) is 140 Å². The number of hydrogen-bond donors (Lipinski definition) is 2. The van der Waals surface area contributed by atoms with E-state index < -0.39 is 0 Å². The van der Waals surface area contributed by atoms with Gasteiger partial charge in [0.25, 0.3) is 0 Å². The molecule has 1 atom stereocenters. The van der Waals surface area contributed by atoms with Crippen molar-refractivity contribution >= 4 is 17.6 Å². The Balaban J connectivity index is 1.38. The third-order valence-corrected chi connectivity index (χ3v) is 5.88. The number of ether oxygens (including phenoxy) is 2. The van der Waals surface area contributed by atoms with Crippen LogP contribution in [0.25, 0.3) is 11.4 Å². The Labute approximate surface area is 208 Å². The van der Waals surface area contributed by atoms with Gasteiger partial charge in [-0.2, -0.15) is 15.1 Å². The van der Waals surface area contributed by atoms with Gasteiger partial charge in [-0.25, -0.2) is 0 Å². The fourth-order valence-electron chi connectivity index (χ4n) is 3.99. The van der Waals surface area contributed by atoms with Crippen molar-refractivity contribution in [2.45, 2.75) is 39.2 Å². The number of nitrogens with zero attached hydrogens (tertiary/aromatic N) is 7. The molecule has 1 aliphatic heterocycles.